The molecule has 4 heteroatoms. The molecule has 0 fully saturated rings. The third-order valence-electron chi connectivity index (χ3n) is 3.18. The van der Waals surface area contributed by atoms with Gasteiger partial charge in [-0.2, -0.15) is 0 Å². The summed E-state index contributed by atoms with van der Waals surface area (Å²) >= 11 is 1.76. The molecule has 3 nitrogen and oxygen atoms in total. The zero-order chi connectivity index (χ0) is 12.4. The van der Waals surface area contributed by atoms with E-state index in [0.29, 0.717) is 6.04 Å². The van der Waals surface area contributed by atoms with Gasteiger partial charge in [-0.15, -0.1) is 11.3 Å². The van der Waals surface area contributed by atoms with E-state index in [1.165, 1.54) is 21.1 Å². The van der Waals surface area contributed by atoms with Crippen LogP contribution in [0.3, 0.4) is 0 Å². The molecule has 18 heavy (non-hydrogen) atoms. The van der Waals surface area contributed by atoms with Crippen molar-refractivity contribution in [1.29, 1.82) is 0 Å². The summed E-state index contributed by atoms with van der Waals surface area (Å²) in [6, 6.07) is 9.05. The zero-order valence-corrected chi connectivity index (χ0v) is 11.3. The lowest BCUT2D eigenvalue weighted by molar-refractivity contribution is 0.613. The molecule has 0 spiro atoms. The van der Waals surface area contributed by atoms with E-state index < -0.39 is 0 Å². The molecule has 1 atom stereocenters. The van der Waals surface area contributed by atoms with Crippen molar-refractivity contribution in [2.75, 3.05) is 11.9 Å². The summed E-state index contributed by atoms with van der Waals surface area (Å²) in [7, 11) is 0. The molecule has 0 aliphatic carbocycles. The van der Waals surface area contributed by atoms with Gasteiger partial charge >= 0.3 is 0 Å². The highest BCUT2D eigenvalue weighted by Gasteiger charge is 2.19. The highest BCUT2D eigenvalue weighted by Crippen LogP contribution is 2.24. The number of anilines is 1. The van der Waals surface area contributed by atoms with Crippen molar-refractivity contribution in [3.63, 3.8) is 0 Å². The third kappa shape index (κ3) is 2.54. The van der Waals surface area contributed by atoms with Crippen LogP contribution < -0.4 is 10.6 Å². The number of hydrogen-bond acceptors (Lipinski definition) is 4. The van der Waals surface area contributed by atoms with Gasteiger partial charge in [0.1, 0.15) is 5.01 Å². The Hall–Kier alpha value is -1.39. The molecule has 1 aliphatic heterocycles. The van der Waals surface area contributed by atoms with Crippen LogP contribution in [0.1, 0.15) is 15.4 Å². The van der Waals surface area contributed by atoms with Crippen molar-refractivity contribution in [3.8, 4) is 0 Å². The number of nitrogens with one attached hydrogen (secondary N) is 2. The minimum Gasteiger partial charge on any atom is -0.380 e. The predicted molar refractivity (Wildman–Crippen MR) is 76.1 cm³/mol. The predicted octanol–water partition coefficient (Wildman–Crippen LogP) is 2.58. The number of aromatic nitrogens is 1. The molecule has 0 saturated carbocycles. The summed E-state index contributed by atoms with van der Waals surface area (Å²) < 4.78 is 0. The van der Waals surface area contributed by atoms with E-state index in [1.54, 1.807) is 11.3 Å². The molecular weight excluding hydrogens is 242 g/mol. The van der Waals surface area contributed by atoms with Crippen LogP contribution in [0, 0.1) is 6.92 Å². The van der Waals surface area contributed by atoms with Gasteiger partial charge in [0.05, 0.1) is 0 Å². The van der Waals surface area contributed by atoms with E-state index in [4.69, 9.17) is 0 Å². The highest BCUT2D eigenvalue weighted by atomic mass is 32.1. The number of thiazole rings is 1. The maximum absolute atomic E-state index is 4.35. The van der Waals surface area contributed by atoms with Gasteiger partial charge in [-0.25, -0.2) is 4.98 Å². The van der Waals surface area contributed by atoms with E-state index in [-0.39, 0.29) is 0 Å². The number of aryl methyl sites for hydroxylation is 1. The Bertz CT molecular complexity index is 510. The van der Waals surface area contributed by atoms with Gasteiger partial charge in [0.2, 0.25) is 0 Å². The summed E-state index contributed by atoms with van der Waals surface area (Å²) in [6.45, 7) is 3.94. The summed E-state index contributed by atoms with van der Waals surface area (Å²) in [5.74, 6) is 0. The Morgan fingerprint density at radius 2 is 2.33 bits per heavy atom. The molecule has 1 aliphatic rings. The molecule has 1 aromatic heterocycles. The van der Waals surface area contributed by atoms with Crippen molar-refractivity contribution >= 4 is 17.0 Å². The number of benzene rings is 1. The molecule has 1 unspecified atom stereocenters. The average molecular weight is 259 g/mol. The van der Waals surface area contributed by atoms with Gasteiger partial charge in [-0.3, -0.25) is 0 Å². The molecule has 0 radical (unpaired) electrons. The van der Waals surface area contributed by atoms with Gasteiger partial charge in [0, 0.05) is 35.9 Å². The van der Waals surface area contributed by atoms with Crippen LogP contribution in [-0.2, 0) is 13.0 Å². The summed E-state index contributed by atoms with van der Waals surface area (Å²) in [4.78, 5) is 5.63. The summed E-state index contributed by atoms with van der Waals surface area (Å²) in [5, 5.41) is 8.19. The summed E-state index contributed by atoms with van der Waals surface area (Å²) in [6.07, 6.45) is 3.05. The largest absolute Gasteiger partial charge is 0.380 e. The van der Waals surface area contributed by atoms with Crippen molar-refractivity contribution < 1.29 is 0 Å². The molecule has 2 N–H and O–H groups in total. The number of nitrogens with zero attached hydrogens (tertiary/aromatic N) is 1. The highest BCUT2D eigenvalue weighted by molar-refractivity contribution is 7.11. The minimum atomic E-state index is 0.503. The second kappa shape index (κ2) is 5.08. The van der Waals surface area contributed by atoms with E-state index in [1.807, 2.05) is 6.20 Å². The number of hydrogen-bond donors (Lipinski definition) is 2. The lowest BCUT2D eigenvalue weighted by Crippen LogP contribution is -2.30. The molecule has 94 valence electrons. The maximum Gasteiger partial charge on any atom is 0.107 e. The van der Waals surface area contributed by atoms with Crippen LogP contribution in [0.2, 0.25) is 0 Å². The van der Waals surface area contributed by atoms with Gasteiger partial charge < -0.3 is 10.6 Å². The Labute approximate surface area is 111 Å². The van der Waals surface area contributed by atoms with Crippen LogP contribution >= 0.6 is 11.3 Å². The van der Waals surface area contributed by atoms with Crippen LogP contribution in [0.5, 0.6) is 0 Å². The molecule has 0 bridgehead atoms. The van der Waals surface area contributed by atoms with E-state index in [0.717, 1.165) is 19.5 Å². The lowest BCUT2D eigenvalue weighted by atomic mass is 10.1. The molecule has 1 aromatic carbocycles. The second-order valence-electron chi connectivity index (χ2n) is 4.70. The number of fused-ring (bicyclic) bond motifs is 1. The first-order valence-electron chi connectivity index (χ1n) is 6.28. The van der Waals surface area contributed by atoms with Gasteiger partial charge in [-0.1, -0.05) is 18.2 Å². The van der Waals surface area contributed by atoms with Crippen LogP contribution in [-0.4, -0.2) is 17.6 Å². The van der Waals surface area contributed by atoms with Crippen molar-refractivity contribution in [2.24, 2.45) is 0 Å². The quantitative estimate of drug-likeness (QED) is 0.886. The van der Waals surface area contributed by atoms with E-state index in [9.17, 15) is 0 Å². The SMILES string of the molecule is Cc1cnc(CNCC2Cc3ccccc3N2)s1. The normalized spacial score (nSPS) is 17.5. The Morgan fingerprint density at radius 3 is 3.11 bits per heavy atom. The Balaban J connectivity index is 1.48. The first-order valence-corrected chi connectivity index (χ1v) is 7.09. The van der Waals surface area contributed by atoms with Gasteiger partial charge in [-0.05, 0) is 25.0 Å². The first kappa shape index (κ1) is 11.7. The monoisotopic (exact) mass is 259 g/mol. The zero-order valence-electron chi connectivity index (χ0n) is 10.4. The molecule has 0 saturated heterocycles. The second-order valence-corrected chi connectivity index (χ2v) is 6.02. The first-order chi connectivity index (χ1) is 8.81. The molecule has 0 amide bonds. The Morgan fingerprint density at radius 1 is 1.44 bits per heavy atom. The fourth-order valence-electron chi connectivity index (χ4n) is 2.34. The standard InChI is InChI=1S/C14H17N3S/c1-10-7-16-14(18-10)9-15-8-12-6-11-4-2-3-5-13(11)17-12/h2-5,7,12,15,17H,6,8-9H2,1H3. The average Bonchev–Trinajstić information content (AvgIpc) is 2.95. The Kier molecular flexibility index (Phi) is 3.30. The molecular formula is C14H17N3S. The van der Waals surface area contributed by atoms with Gasteiger partial charge in [0.25, 0.3) is 0 Å². The third-order valence-corrected chi connectivity index (χ3v) is 4.09. The van der Waals surface area contributed by atoms with Crippen LogP contribution in [0.15, 0.2) is 30.5 Å². The number of para-hydroxylation sites is 1. The molecule has 2 aromatic rings. The van der Waals surface area contributed by atoms with Crippen molar-refractivity contribution in [2.45, 2.75) is 25.9 Å². The summed E-state index contributed by atoms with van der Waals surface area (Å²) in [5.41, 5.74) is 2.71. The van der Waals surface area contributed by atoms with Crippen LogP contribution in [0.25, 0.3) is 0 Å². The van der Waals surface area contributed by atoms with Crippen molar-refractivity contribution in [1.82, 2.24) is 10.3 Å². The maximum atomic E-state index is 4.35. The van der Waals surface area contributed by atoms with Gasteiger partial charge in [0.15, 0.2) is 0 Å². The van der Waals surface area contributed by atoms with E-state index in [2.05, 4.69) is 46.8 Å². The molecule has 3 rings (SSSR count). The minimum absolute atomic E-state index is 0.503. The smallest absolute Gasteiger partial charge is 0.107 e. The lowest BCUT2D eigenvalue weighted by Gasteiger charge is -2.11. The molecule has 2 heterocycles. The van der Waals surface area contributed by atoms with Crippen molar-refractivity contribution in [3.05, 3.63) is 45.9 Å². The van der Waals surface area contributed by atoms with E-state index >= 15 is 0 Å². The number of rotatable bonds is 4. The fraction of sp³-hybridized carbons (Fsp3) is 0.357. The van der Waals surface area contributed by atoms with Crippen LogP contribution in [0.4, 0.5) is 5.69 Å². The topological polar surface area (TPSA) is 37.0 Å². The fourth-order valence-corrected chi connectivity index (χ4v) is 3.09.